The molecule has 0 spiro atoms. The van der Waals surface area contributed by atoms with Crippen LogP contribution < -0.4 is 11.1 Å². The average molecular weight is 245 g/mol. The SMILES string of the molecule is CNc1ncc(-c2cnn(C)c2)c(C)c1C(N)=O. The summed E-state index contributed by atoms with van der Waals surface area (Å²) in [7, 11) is 3.54. The largest absolute Gasteiger partial charge is 0.372 e. The lowest BCUT2D eigenvalue weighted by atomic mass is 10.0. The maximum atomic E-state index is 11.5. The number of amides is 1. The first-order valence-electron chi connectivity index (χ1n) is 5.50. The van der Waals surface area contributed by atoms with E-state index in [1.807, 2.05) is 20.2 Å². The predicted molar refractivity (Wildman–Crippen MR) is 69.2 cm³/mol. The zero-order chi connectivity index (χ0) is 13.3. The van der Waals surface area contributed by atoms with E-state index in [1.165, 1.54) is 0 Å². The van der Waals surface area contributed by atoms with E-state index in [1.54, 1.807) is 24.1 Å². The fourth-order valence-electron chi connectivity index (χ4n) is 1.95. The van der Waals surface area contributed by atoms with E-state index in [9.17, 15) is 4.79 Å². The first-order valence-corrected chi connectivity index (χ1v) is 5.50. The number of pyridine rings is 1. The van der Waals surface area contributed by atoms with Crippen molar-refractivity contribution in [1.82, 2.24) is 14.8 Å². The smallest absolute Gasteiger partial charge is 0.252 e. The molecule has 2 aromatic heterocycles. The van der Waals surface area contributed by atoms with E-state index >= 15 is 0 Å². The summed E-state index contributed by atoms with van der Waals surface area (Å²) in [5.74, 6) is 0.00253. The molecular weight excluding hydrogens is 230 g/mol. The van der Waals surface area contributed by atoms with E-state index in [4.69, 9.17) is 5.73 Å². The molecule has 18 heavy (non-hydrogen) atoms. The van der Waals surface area contributed by atoms with Gasteiger partial charge >= 0.3 is 0 Å². The third kappa shape index (κ3) is 1.92. The Kier molecular flexibility index (Phi) is 3.01. The van der Waals surface area contributed by atoms with Crippen LogP contribution in [-0.4, -0.2) is 27.7 Å². The van der Waals surface area contributed by atoms with Gasteiger partial charge in [0.05, 0.1) is 11.8 Å². The summed E-state index contributed by atoms with van der Waals surface area (Å²) < 4.78 is 1.70. The quantitative estimate of drug-likeness (QED) is 0.842. The first kappa shape index (κ1) is 12.1. The lowest BCUT2D eigenvalue weighted by molar-refractivity contribution is 0.100. The van der Waals surface area contributed by atoms with Gasteiger partial charge in [-0.1, -0.05) is 0 Å². The number of nitrogens with zero attached hydrogens (tertiary/aromatic N) is 3. The second-order valence-electron chi connectivity index (χ2n) is 4.04. The number of nitrogens with two attached hydrogens (primary N) is 1. The van der Waals surface area contributed by atoms with Gasteiger partial charge in [-0.05, 0) is 12.5 Å². The predicted octanol–water partition coefficient (Wildman–Crippen LogP) is 0.931. The molecule has 1 amide bonds. The van der Waals surface area contributed by atoms with Crippen molar-refractivity contribution in [2.75, 3.05) is 12.4 Å². The molecule has 0 aromatic carbocycles. The van der Waals surface area contributed by atoms with Crippen molar-refractivity contribution in [3.05, 3.63) is 29.7 Å². The Balaban J connectivity index is 2.64. The van der Waals surface area contributed by atoms with Gasteiger partial charge in [-0.15, -0.1) is 0 Å². The lowest BCUT2D eigenvalue weighted by Gasteiger charge is -2.11. The molecule has 3 N–H and O–H groups in total. The summed E-state index contributed by atoms with van der Waals surface area (Å²) in [6.45, 7) is 1.85. The molecule has 2 aromatic rings. The third-order valence-corrected chi connectivity index (χ3v) is 2.84. The minimum Gasteiger partial charge on any atom is -0.372 e. The molecule has 0 radical (unpaired) electrons. The van der Waals surface area contributed by atoms with Crippen molar-refractivity contribution in [3.8, 4) is 11.1 Å². The summed E-state index contributed by atoms with van der Waals surface area (Å²) >= 11 is 0. The number of hydrogen-bond acceptors (Lipinski definition) is 4. The molecule has 2 heterocycles. The van der Waals surface area contributed by atoms with Crippen LogP contribution in [0.1, 0.15) is 15.9 Å². The second kappa shape index (κ2) is 4.48. The highest BCUT2D eigenvalue weighted by Crippen LogP contribution is 2.27. The van der Waals surface area contributed by atoms with Crippen molar-refractivity contribution in [2.24, 2.45) is 12.8 Å². The van der Waals surface area contributed by atoms with Gasteiger partial charge in [0.25, 0.3) is 5.91 Å². The number of aromatic nitrogens is 3. The number of hydrogen-bond donors (Lipinski definition) is 2. The molecule has 0 atom stereocenters. The summed E-state index contributed by atoms with van der Waals surface area (Å²) in [6.07, 6.45) is 5.31. The van der Waals surface area contributed by atoms with Gasteiger partial charge in [0.1, 0.15) is 5.82 Å². The normalized spacial score (nSPS) is 10.4. The molecule has 0 saturated heterocycles. The second-order valence-corrected chi connectivity index (χ2v) is 4.04. The highest BCUT2D eigenvalue weighted by molar-refractivity contribution is 6.00. The number of primary amides is 1. The average Bonchev–Trinajstić information content (AvgIpc) is 2.74. The van der Waals surface area contributed by atoms with Crippen LogP contribution in [0.2, 0.25) is 0 Å². The van der Waals surface area contributed by atoms with Crippen LogP contribution in [0.5, 0.6) is 0 Å². The van der Waals surface area contributed by atoms with Crippen molar-refractivity contribution in [2.45, 2.75) is 6.92 Å². The van der Waals surface area contributed by atoms with Gasteiger partial charge in [0, 0.05) is 37.6 Å². The first-order chi connectivity index (χ1) is 8.54. The fourth-order valence-corrected chi connectivity index (χ4v) is 1.95. The van der Waals surface area contributed by atoms with Gasteiger partial charge in [-0.2, -0.15) is 5.10 Å². The van der Waals surface area contributed by atoms with Gasteiger partial charge < -0.3 is 11.1 Å². The summed E-state index contributed by atoms with van der Waals surface area (Å²) in [5, 5.41) is 6.98. The Morgan fingerprint density at radius 2 is 2.17 bits per heavy atom. The summed E-state index contributed by atoms with van der Waals surface area (Å²) in [4.78, 5) is 15.7. The van der Waals surface area contributed by atoms with Crippen LogP contribution in [0.4, 0.5) is 5.82 Å². The number of carbonyl (C=O) groups excluding carboxylic acids is 1. The highest BCUT2D eigenvalue weighted by Gasteiger charge is 2.16. The molecule has 6 nitrogen and oxygen atoms in total. The van der Waals surface area contributed by atoms with E-state index < -0.39 is 5.91 Å². The highest BCUT2D eigenvalue weighted by atomic mass is 16.1. The molecule has 0 aliphatic carbocycles. The molecule has 2 rings (SSSR count). The molecule has 0 fully saturated rings. The summed E-state index contributed by atoms with van der Waals surface area (Å²) in [5.41, 5.74) is 8.39. The molecule has 6 heteroatoms. The Labute approximate surface area is 105 Å². The Morgan fingerprint density at radius 1 is 1.44 bits per heavy atom. The maximum absolute atomic E-state index is 11.5. The zero-order valence-corrected chi connectivity index (χ0v) is 10.6. The standard InChI is InChI=1S/C12H15N5O/c1-7-9(8-4-16-17(3)6-8)5-15-12(14-2)10(7)11(13)18/h4-6H,1-3H3,(H2,13,18)(H,14,15). The molecular formula is C12H15N5O. The Hall–Kier alpha value is -2.37. The molecule has 0 saturated carbocycles. The third-order valence-electron chi connectivity index (χ3n) is 2.84. The molecule has 0 unspecified atom stereocenters. The van der Waals surface area contributed by atoms with Crippen LogP contribution in [-0.2, 0) is 7.05 Å². The van der Waals surface area contributed by atoms with Crippen molar-refractivity contribution < 1.29 is 4.79 Å². The van der Waals surface area contributed by atoms with Gasteiger partial charge in [-0.3, -0.25) is 9.48 Å². The summed E-state index contributed by atoms with van der Waals surface area (Å²) in [6, 6.07) is 0. The van der Waals surface area contributed by atoms with E-state index in [0.29, 0.717) is 11.4 Å². The minimum absolute atomic E-state index is 0.416. The molecule has 94 valence electrons. The van der Waals surface area contributed by atoms with Gasteiger partial charge in [0.2, 0.25) is 0 Å². The van der Waals surface area contributed by atoms with Crippen molar-refractivity contribution >= 4 is 11.7 Å². The van der Waals surface area contributed by atoms with E-state index in [-0.39, 0.29) is 0 Å². The number of rotatable bonds is 3. The van der Waals surface area contributed by atoms with E-state index in [2.05, 4.69) is 15.4 Å². The Morgan fingerprint density at radius 3 is 2.67 bits per heavy atom. The van der Waals surface area contributed by atoms with Crippen LogP contribution >= 0.6 is 0 Å². The number of nitrogens with one attached hydrogen (secondary N) is 1. The van der Waals surface area contributed by atoms with Gasteiger partial charge in [0.15, 0.2) is 0 Å². The number of aryl methyl sites for hydroxylation is 1. The number of anilines is 1. The van der Waals surface area contributed by atoms with Crippen molar-refractivity contribution in [3.63, 3.8) is 0 Å². The van der Waals surface area contributed by atoms with Crippen LogP contribution in [0, 0.1) is 6.92 Å². The van der Waals surface area contributed by atoms with E-state index in [0.717, 1.165) is 16.7 Å². The zero-order valence-electron chi connectivity index (χ0n) is 10.6. The lowest BCUT2D eigenvalue weighted by Crippen LogP contribution is -2.16. The molecule has 0 aliphatic rings. The Bertz CT molecular complexity index is 603. The van der Waals surface area contributed by atoms with Crippen LogP contribution in [0.25, 0.3) is 11.1 Å². The molecule has 0 aliphatic heterocycles. The van der Waals surface area contributed by atoms with Gasteiger partial charge in [-0.25, -0.2) is 4.98 Å². The molecule has 0 bridgehead atoms. The van der Waals surface area contributed by atoms with Crippen LogP contribution in [0.15, 0.2) is 18.6 Å². The fraction of sp³-hybridized carbons (Fsp3) is 0.250. The topological polar surface area (TPSA) is 85.8 Å². The van der Waals surface area contributed by atoms with Crippen LogP contribution in [0.3, 0.4) is 0 Å². The minimum atomic E-state index is -0.491. The van der Waals surface area contributed by atoms with Crippen molar-refractivity contribution in [1.29, 1.82) is 0 Å². The number of carbonyl (C=O) groups is 1. The monoisotopic (exact) mass is 245 g/mol. The maximum Gasteiger partial charge on any atom is 0.252 e.